The van der Waals surface area contributed by atoms with Crippen LogP contribution in [0.15, 0.2) is 18.2 Å². The first kappa shape index (κ1) is 12.0. The molecule has 18 heavy (non-hydrogen) atoms. The number of hydrogen-bond acceptors (Lipinski definition) is 2. The minimum Gasteiger partial charge on any atom is -0.331 e. The van der Waals surface area contributed by atoms with Crippen molar-refractivity contribution in [2.45, 2.75) is 25.2 Å². The first-order valence-electron chi connectivity index (χ1n) is 6.43. The monoisotopic (exact) mass is 263 g/mol. The molecule has 1 saturated heterocycles. The molecule has 1 atom stereocenters. The average molecular weight is 264 g/mol. The number of fused-ring (bicyclic) bond motifs is 1. The van der Waals surface area contributed by atoms with E-state index in [4.69, 9.17) is 16.6 Å². The molecule has 1 fully saturated rings. The van der Waals surface area contributed by atoms with E-state index in [1.54, 1.807) is 0 Å². The minimum absolute atomic E-state index is 0.124. The molecular weight excluding hydrogens is 246 g/mol. The van der Waals surface area contributed by atoms with Gasteiger partial charge in [-0.3, -0.25) is 0 Å². The number of nitrogens with one attached hydrogen (secondary N) is 1. The number of piperidine rings is 1. The Morgan fingerprint density at radius 1 is 1.44 bits per heavy atom. The van der Waals surface area contributed by atoms with Gasteiger partial charge in [0.15, 0.2) is 0 Å². The van der Waals surface area contributed by atoms with E-state index < -0.39 is 0 Å². The first-order valence-corrected chi connectivity index (χ1v) is 6.81. The maximum absolute atomic E-state index is 6.04. The predicted molar refractivity (Wildman–Crippen MR) is 75.2 cm³/mol. The zero-order valence-corrected chi connectivity index (χ0v) is 11.6. The van der Waals surface area contributed by atoms with Gasteiger partial charge in [-0.15, -0.1) is 0 Å². The molecule has 0 aliphatic carbocycles. The highest BCUT2D eigenvalue weighted by Crippen LogP contribution is 2.32. The third-order valence-electron chi connectivity index (χ3n) is 3.98. The number of aryl methyl sites for hydroxylation is 1. The molecule has 0 spiro atoms. The summed E-state index contributed by atoms with van der Waals surface area (Å²) in [6.45, 7) is 4.41. The van der Waals surface area contributed by atoms with Gasteiger partial charge in [-0.1, -0.05) is 18.5 Å². The van der Waals surface area contributed by atoms with Crippen molar-refractivity contribution in [2.24, 2.45) is 7.05 Å². The Hall–Kier alpha value is -1.06. The Bertz CT molecular complexity index is 582. The molecular formula is C14H18ClN3. The minimum atomic E-state index is 0.124. The fourth-order valence-corrected chi connectivity index (χ4v) is 3.13. The van der Waals surface area contributed by atoms with Crippen LogP contribution in [-0.4, -0.2) is 22.6 Å². The van der Waals surface area contributed by atoms with Crippen molar-refractivity contribution in [3.8, 4) is 0 Å². The molecule has 1 aliphatic heterocycles. The van der Waals surface area contributed by atoms with Gasteiger partial charge in [0.1, 0.15) is 5.82 Å². The zero-order chi connectivity index (χ0) is 12.8. The van der Waals surface area contributed by atoms with Crippen LogP contribution >= 0.6 is 11.6 Å². The van der Waals surface area contributed by atoms with Crippen LogP contribution in [0.4, 0.5) is 0 Å². The lowest BCUT2D eigenvalue weighted by molar-refractivity contribution is 0.318. The van der Waals surface area contributed by atoms with E-state index in [0.29, 0.717) is 0 Å². The number of imidazole rings is 1. The van der Waals surface area contributed by atoms with Gasteiger partial charge < -0.3 is 9.88 Å². The molecule has 4 heteroatoms. The second-order valence-corrected chi connectivity index (χ2v) is 5.90. The molecule has 0 saturated carbocycles. The SMILES string of the molecule is Cn1c(C2(C)CCCNC2)nc2cc(Cl)ccc21. The molecule has 1 aromatic heterocycles. The number of benzene rings is 1. The van der Waals surface area contributed by atoms with Gasteiger partial charge in [-0.25, -0.2) is 4.98 Å². The topological polar surface area (TPSA) is 29.9 Å². The molecule has 3 rings (SSSR count). The fourth-order valence-electron chi connectivity index (χ4n) is 2.96. The second-order valence-electron chi connectivity index (χ2n) is 5.47. The largest absolute Gasteiger partial charge is 0.331 e. The summed E-state index contributed by atoms with van der Waals surface area (Å²) < 4.78 is 2.21. The van der Waals surface area contributed by atoms with Crippen LogP contribution in [0.1, 0.15) is 25.6 Å². The van der Waals surface area contributed by atoms with Crippen LogP contribution in [0.25, 0.3) is 11.0 Å². The van der Waals surface area contributed by atoms with Gasteiger partial charge in [0.25, 0.3) is 0 Å². The van der Waals surface area contributed by atoms with Gasteiger partial charge in [-0.05, 0) is 37.6 Å². The third kappa shape index (κ3) is 1.82. The Morgan fingerprint density at radius 3 is 3.00 bits per heavy atom. The maximum atomic E-state index is 6.04. The summed E-state index contributed by atoms with van der Waals surface area (Å²) in [6, 6.07) is 5.92. The lowest BCUT2D eigenvalue weighted by Gasteiger charge is -2.33. The fraction of sp³-hybridized carbons (Fsp3) is 0.500. The van der Waals surface area contributed by atoms with Crippen molar-refractivity contribution in [3.05, 3.63) is 29.0 Å². The summed E-state index contributed by atoms with van der Waals surface area (Å²) in [6.07, 6.45) is 2.39. The van der Waals surface area contributed by atoms with Gasteiger partial charge in [0.2, 0.25) is 0 Å². The normalized spacial score (nSPS) is 24.6. The van der Waals surface area contributed by atoms with Crippen molar-refractivity contribution in [3.63, 3.8) is 0 Å². The van der Waals surface area contributed by atoms with E-state index in [-0.39, 0.29) is 5.41 Å². The summed E-state index contributed by atoms with van der Waals surface area (Å²) in [5, 5.41) is 4.23. The summed E-state index contributed by atoms with van der Waals surface area (Å²) in [5.41, 5.74) is 2.27. The van der Waals surface area contributed by atoms with Crippen LogP contribution in [0.2, 0.25) is 5.02 Å². The van der Waals surface area contributed by atoms with Crippen LogP contribution < -0.4 is 5.32 Å². The molecule has 1 N–H and O–H groups in total. The van der Waals surface area contributed by atoms with Crippen molar-refractivity contribution in [2.75, 3.05) is 13.1 Å². The quantitative estimate of drug-likeness (QED) is 0.857. The van der Waals surface area contributed by atoms with Crippen molar-refractivity contribution < 1.29 is 0 Å². The average Bonchev–Trinajstić information content (AvgIpc) is 2.68. The van der Waals surface area contributed by atoms with Crippen LogP contribution in [0, 0.1) is 0 Å². The molecule has 1 unspecified atom stereocenters. The van der Waals surface area contributed by atoms with Crippen LogP contribution in [0.5, 0.6) is 0 Å². The zero-order valence-electron chi connectivity index (χ0n) is 10.8. The molecule has 0 amide bonds. The van der Waals surface area contributed by atoms with Crippen molar-refractivity contribution in [1.82, 2.24) is 14.9 Å². The van der Waals surface area contributed by atoms with Gasteiger partial charge in [0, 0.05) is 24.0 Å². The molecule has 2 heterocycles. The Kier molecular flexibility index (Phi) is 2.83. The first-order chi connectivity index (χ1) is 8.60. The predicted octanol–water partition coefficient (Wildman–Crippen LogP) is 2.87. The van der Waals surface area contributed by atoms with Gasteiger partial charge in [-0.2, -0.15) is 0 Å². The van der Waals surface area contributed by atoms with E-state index in [0.717, 1.165) is 35.0 Å². The highest BCUT2D eigenvalue weighted by molar-refractivity contribution is 6.31. The van der Waals surface area contributed by atoms with E-state index in [9.17, 15) is 0 Å². The van der Waals surface area contributed by atoms with E-state index in [1.807, 2.05) is 18.2 Å². The summed E-state index contributed by atoms with van der Waals surface area (Å²) in [4.78, 5) is 4.81. The summed E-state index contributed by atoms with van der Waals surface area (Å²) >= 11 is 6.04. The lowest BCUT2D eigenvalue weighted by Crippen LogP contribution is -2.42. The molecule has 0 bridgehead atoms. The number of aromatic nitrogens is 2. The molecule has 2 aromatic rings. The van der Waals surface area contributed by atoms with Gasteiger partial charge in [0.05, 0.1) is 11.0 Å². The Morgan fingerprint density at radius 2 is 2.28 bits per heavy atom. The second kappa shape index (κ2) is 4.25. The Labute approximate surface area is 112 Å². The molecule has 1 aromatic carbocycles. The molecule has 0 radical (unpaired) electrons. The lowest BCUT2D eigenvalue weighted by atomic mass is 9.82. The smallest absolute Gasteiger partial charge is 0.116 e. The standard InChI is InChI=1S/C14H18ClN3/c1-14(6-3-7-16-9-14)13-17-11-8-10(15)4-5-12(11)18(13)2/h4-5,8,16H,3,6-7,9H2,1-2H3. The summed E-state index contributed by atoms with van der Waals surface area (Å²) in [5.74, 6) is 1.16. The maximum Gasteiger partial charge on any atom is 0.116 e. The van der Waals surface area contributed by atoms with Crippen LogP contribution in [0.3, 0.4) is 0 Å². The number of nitrogens with zero attached hydrogens (tertiary/aromatic N) is 2. The Balaban J connectivity index is 2.14. The van der Waals surface area contributed by atoms with E-state index in [2.05, 4.69) is 23.9 Å². The highest BCUT2D eigenvalue weighted by atomic mass is 35.5. The third-order valence-corrected chi connectivity index (χ3v) is 4.22. The van der Waals surface area contributed by atoms with Gasteiger partial charge >= 0.3 is 0 Å². The van der Waals surface area contributed by atoms with Crippen molar-refractivity contribution >= 4 is 22.6 Å². The number of rotatable bonds is 1. The van der Waals surface area contributed by atoms with Crippen LogP contribution in [-0.2, 0) is 12.5 Å². The highest BCUT2D eigenvalue weighted by Gasteiger charge is 2.33. The van der Waals surface area contributed by atoms with Crippen molar-refractivity contribution in [1.29, 1.82) is 0 Å². The van der Waals surface area contributed by atoms with E-state index >= 15 is 0 Å². The van der Waals surface area contributed by atoms with E-state index in [1.165, 1.54) is 12.8 Å². The number of hydrogen-bond donors (Lipinski definition) is 1. The molecule has 3 nitrogen and oxygen atoms in total. The molecule has 96 valence electrons. The summed E-state index contributed by atoms with van der Waals surface area (Å²) in [7, 11) is 2.10. The number of halogens is 1. The molecule has 1 aliphatic rings.